The molecule has 0 aliphatic carbocycles. The number of H-pyrrole nitrogens is 1. The third-order valence-electron chi connectivity index (χ3n) is 2.12. The van der Waals surface area contributed by atoms with Crippen LogP contribution < -0.4 is 0 Å². The van der Waals surface area contributed by atoms with Crippen LogP contribution in [-0.4, -0.2) is 19.9 Å². The van der Waals surface area contributed by atoms with Gasteiger partial charge in [-0.25, -0.2) is 9.97 Å². The Bertz CT molecular complexity index is 523. The highest BCUT2D eigenvalue weighted by molar-refractivity contribution is 7.99. The van der Waals surface area contributed by atoms with E-state index in [1.807, 2.05) is 6.92 Å². The first-order valence-electron chi connectivity index (χ1n) is 5.01. The Labute approximate surface area is 102 Å². The van der Waals surface area contributed by atoms with E-state index in [0.29, 0.717) is 5.03 Å². The average Bonchev–Trinajstić information content (AvgIpc) is 2.77. The zero-order valence-electron chi connectivity index (χ0n) is 9.08. The number of nitrogens with zero attached hydrogens (tertiary/aromatic N) is 3. The number of rotatable bonds is 4. The van der Waals surface area contributed by atoms with Crippen LogP contribution in [0.3, 0.4) is 0 Å². The van der Waals surface area contributed by atoms with Crippen molar-refractivity contribution in [2.75, 3.05) is 0 Å². The molecule has 2 aromatic rings. The molecule has 2 rings (SSSR count). The van der Waals surface area contributed by atoms with Gasteiger partial charge in [-0.1, -0.05) is 6.92 Å². The molecule has 7 heteroatoms. The molecule has 0 saturated heterocycles. The van der Waals surface area contributed by atoms with E-state index in [2.05, 4.69) is 15.0 Å². The molecule has 0 radical (unpaired) electrons. The molecule has 0 unspecified atom stereocenters. The fourth-order valence-corrected chi connectivity index (χ4v) is 1.94. The lowest BCUT2D eigenvalue weighted by atomic mass is 10.4. The van der Waals surface area contributed by atoms with E-state index in [9.17, 15) is 10.1 Å². The molecule has 0 fully saturated rings. The molecule has 0 spiro atoms. The second kappa shape index (κ2) is 4.96. The monoisotopic (exact) mass is 250 g/mol. The molecule has 2 aromatic heterocycles. The minimum Gasteiger partial charge on any atom is -0.337 e. The smallest absolute Gasteiger partial charge is 0.287 e. The summed E-state index contributed by atoms with van der Waals surface area (Å²) in [6.45, 7) is 2.03. The van der Waals surface area contributed by atoms with Gasteiger partial charge in [0.1, 0.15) is 11.2 Å². The summed E-state index contributed by atoms with van der Waals surface area (Å²) in [6.07, 6.45) is 3.90. The lowest BCUT2D eigenvalue weighted by molar-refractivity contribution is -0.385. The van der Waals surface area contributed by atoms with Crippen molar-refractivity contribution in [2.24, 2.45) is 0 Å². The number of aryl methyl sites for hydroxylation is 1. The van der Waals surface area contributed by atoms with Crippen LogP contribution in [0.25, 0.3) is 0 Å². The fraction of sp³-hybridized carbons (Fsp3) is 0.200. The Hall–Kier alpha value is -1.89. The summed E-state index contributed by atoms with van der Waals surface area (Å²) in [4.78, 5) is 21.3. The molecule has 6 nitrogen and oxygen atoms in total. The predicted molar refractivity (Wildman–Crippen MR) is 63.0 cm³/mol. The Morgan fingerprint density at radius 1 is 1.41 bits per heavy atom. The maximum Gasteiger partial charge on any atom is 0.287 e. The van der Waals surface area contributed by atoms with Gasteiger partial charge < -0.3 is 4.98 Å². The van der Waals surface area contributed by atoms with E-state index >= 15 is 0 Å². The zero-order chi connectivity index (χ0) is 12.3. The maximum absolute atomic E-state index is 10.5. The molecule has 0 saturated carbocycles. The first-order chi connectivity index (χ1) is 8.19. The van der Waals surface area contributed by atoms with Crippen LogP contribution >= 0.6 is 11.8 Å². The van der Waals surface area contributed by atoms with Gasteiger partial charge in [-0.05, 0) is 24.2 Å². The highest BCUT2D eigenvalue weighted by atomic mass is 32.2. The lowest BCUT2D eigenvalue weighted by Crippen LogP contribution is -1.89. The van der Waals surface area contributed by atoms with E-state index in [4.69, 9.17) is 0 Å². The van der Waals surface area contributed by atoms with E-state index in [1.165, 1.54) is 24.0 Å². The highest BCUT2D eigenvalue weighted by Crippen LogP contribution is 2.24. The van der Waals surface area contributed by atoms with Crippen molar-refractivity contribution in [1.29, 1.82) is 0 Å². The van der Waals surface area contributed by atoms with Gasteiger partial charge >= 0.3 is 0 Å². The number of imidazole rings is 1. The molecule has 1 N–H and O–H groups in total. The van der Waals surface area contributed by atoms with Gasteiger partial charge in [0.25, 0.3) is 5.69 Å². The van der Waals surface area contributed by atoms with Crippen LogP contribution in [0.15, 0.2) is 34.7 Å². The van der Waals surface area contributed by atoms with Gasteiger partial charge in [0, 0.05) is 18.0 Å². The Kier molecular flexibility index (Phi) is 3.38. The molecule has 0 aliphatic heterocycles. The molecule has 0 aromatic carbocycles. The molecule has 17 heavy (non-hydrogen) atoms. The molecule has 0 amide bonds. The molecule has 0 bridgehead atoms. The van der Waals surface area contributed by atoms with Crippen LogP contribution in [0.5, 0.6) is 0 Å². The van der Waals surface area contributed by atoms with E-state index in [1.54, 1.807) is 12.3 Å². The van der Waals surface area contributed by atoms with Crippen molar-refractivity contribution in [1.82, 2.24) is 15.0 Å². The van der Waals surface area contributed by atoms with Gasteiger partial charge in [-0.15, -0.1) is 0 Å². The topological polar surface area (TPSA) is 84.7 Å². The molecule has 0 aliphatic rings. The minimum atomic E-state index is -0.469. The van der Waals surface area contributed by atoms with Crippen LogP contribution in [0, 0.1) is 10.1 Å². The molecule has 88 valence electrons. The highest BCUT2D eigenvalue weighted by Gasteiger charge is 2.07. The average molecular weight is 250 g/mol. The molecule has 2 heterocycles. The van der Waals surface area contributed by atoms with Crippen molar-refractivity contribution in [3.63, 3.8) is 0 Å². The third kappa shape index (κ3) is 2.82. The standard InChI is InChI=1S/C10H10N4O2S/c1-2-7-5-12-10(13-7)17-9-4-3-8(6-11-9)14(15)16/h3-6H,2H2,1H3,(H,12,13). The summed E-state index contributed by atoms with van der Waals surface area (Å²) < 4.78 is 0. The largest absolute Gasteiger partial charge is 0.337 e. The van der Waals surface area contributed by atoms with Gasteiger partial charge in [-0.3, -0.25) is 10.1 Å². The lowest BCUT2D eigenvalue weighted by Gasteiger charge is -1.96. The minimum absolute atomic E-state index is 0.0111. The summed E-state index contributed by atoms with van der Waals surface area (Å²) in [7, 11) is 0. The third-order valence-corrected chi connectivity index (χ3v) is 2.97. The van der Waals surface area contributed by atoms with Crippen LogP contribution in [0.4, 0.5) is 5.69 Å². The number of aromatic amines is 1. The number of hydrogen-bond acceptors (Lipinski definition) is 5. The number of pyridine rings is 1. The summed E-state index contributed by atoms with van der Waals surface area (Å²) >= 11 is 1.34. The fourth-order valence-electron chi connectivity index (χ4n) is 1.21. The van der Waals surface area contributed by atoms with E-state index < -0.39 is 4.92 Å². The van der Waals surface area contributed by atoms with Crippen molar-refractivity contribution in [3.05, 3.63) is 40.3 Å². The van der Waals surface area contributed by atoms with Crippen molar-refractivity contribution in [3.8, 4) is 0 Å². The number of hydrogen-bond donors (Lipinski definition) is 1. The maximum atomic E-state index is 10.5. The number of nitro groups is 1. The van der Waals surface area contributed by atoms with Gasteiger partial charge in [0.15, 0.2) is 5.16 Å². The van der Waals surface area contributed by atoms with Gasteiger partial charge in [0.05, 0.1) is 4.92 Å². The molecule has 0 atom stereocenters. The first kappa shape index (κ1) is 11.6. The SMILES string of the molecule is CCc1cnc(Sc2ccc([N+](=O)[O-])cn2)[nH]1. The van der Waals surface area contributed by atoms with Crippen molar-refractivity contribution >= 4 is 17.4 Å². The normalized spacial score (nSPS) is 10.4. The summed E-state index contributed by atoms with van der Waals surface area (Å²) in [5.74, 6) is 0. The molecular formula is C10H10N4O2S. The van der Waals surface area contributed by atoms with Crippen LogP contribution in [-0.2, 0) is 6.42 Å². The quantitative estimate of drug-likeness (QED) is 0.665. The Morgan fingerprint density at radius 3 is 2.76 bits per heavy atom. The summed E-state index contributed by atoms with van der Waals surface area (Å²) in [5, 5.41) is 11.9. The van der Waals surface area contributed by atoms with Crippen molar-refractivity contribution < 1.29 is 4.92 Å². The van der Waals surface area contributed by atoms with Crippen LogP contribution in [0.2, 0.25) is 0 Å². The van der Waals surface area contributed by atoms with Gasteiger partial charge in [-0.2, -0.15) is 0 Å². The number of nitrogens with one attached hydrogen (secondary N) is 1. The first-order valence-corrected chi connectivity index (χ1v) is 5.83. The Balaban J connectivity index is 2.10. The predicted octanol–water partition coefficient (Wildman–Crippen LogP) is 2.43. The summed E-state index contributed by atoms with van der Waals surface area (Å²) in [5.41, 5.74) is 1.04. The van der Waals surface area contributed by atoms with Crippen molar-refractivity contribution in [2.45, 2.75) is 23.5 Å². The number of aromatic nitrogens is 3. The van der Waals surface area contributed by atoms with E-state index in [-0.39, 0.29) is 5.69 Å². The zero-order valence-corrected chi connectivity index (χ0v) is 9.90. The second-order valence-electron chi connectivity index (χ2n) is 3.28. The molecular weight excluding hydrogens is 240 g/mol. The van der Waals surface area contributed by atoms with Gasteiger partial charge in [0.2, 0.25) is 0 Å². The summed E-state index contributed by atoms with van der Waals surface area (Å²) in [6, 6.07) is 3.04. The second-order valence-corrected chi connectivity index (χ2v) is 4.29. The van der Waals surface area contributed by atoms with E-state index in [0.717, 1.165) is 17.3 Å². The Morgan fingerprint density at radius 2 is 2.24 bits per heavy atom. The van der Waals surface area contributed by atoms with Crippen LogP contribution in [0.1, 0.15) is 12.6 Å².